The van der Waals surface area contributed by atoms with E-state index >= 15 is 0 Å². The monoisotopic (exact) mass is 1330 g/mol. The predicted octanol–water partition coefficient (Wildman–Crippen LogP) is 14.1. The van der Waals surface area contributed by atoms with E-state index in [4.69, 9.17) is 19.1 Å². The Morgan fingerprint density at radius 3 is 0.275 bits per heavy atom. The van der Waals surface area contributed by atoms with Gasteiger partial charge in [0.05, 0.1) is 31.7 Å². The van der Waals surface area contributed by atoms with Crippen LogP contribution in [0.15, 0.2) is 364 Å². The smallest absolute Gasteiger partial charge is 0.0620 e. The number of benzene rings is 12. The van der Waals surface area contributed by atoms with Crippen molar-refractivity contribution in [2.45, 2.75) is 0 Å². The second-order valence-electron chi connectivity index (χ2n) is 17.9. The van der Waals surface area contributed by atoms with Gasteiger partial charge in [0.1, 0.15) is 63.7 Å². The van der Waals surface area contributed by atoms with Gasteiger partial charge in [0, 0.05) is 20.4 Å². The van der Waals surface area contributed by atoms with Crippen molar-refractivity contribution in [1.82, 2.24) is 0 Å². The van der Waals surface area contributed by atoms with Gasteiger partial charge in [-0.2, -0.15) is 0 Å². The molecule has 12 rings (SSSR count). The quantitative estimate of drug-likeness (QED) is 0.0845. The fraction of sp³-hybridized carbons (Fsp3) is 0. The maximum atomic E-state index is 4.81. The van der Waals surface area contributed by atoms with Crippen molar-refractivity contribution >= 4 is 114 Å². The molecule has 12 aromatic rings. The van der Waals surface area contributed by atoms with E-state index < -0.39 is 31.7 Å². The van der Waals surface area contributed by atoms with E-state index in [-0.39, 0.29) is 36.4 Å². The molecule has 12 aromatic carbocycles. The van der Waals surface area contributed by atoms with Crippen molar-refractivity contribution in [3.05, 3.63) is 364 Å². The summed E-state index contributed by atoms with van der Waals surface area (Å²) in [6.45, 7) is 0. The zero-order chi connectivity index (χ0) is 54.4. The van der Waals surface area contributed by atoms with Gasteiger partial charge < -0.3 is 0 Å². The van der Waals surface area contributed by atoms with E-state index in [0.29, 0.717) is 0 Å². The first-order valence-corrected chi connectivity index (χ1v) is 36.2. The number of hydrogen-bond acceptors (Lipinski definition) is 0. The van der Waals surface area contributed by atoms with Gasteiger partial charge in [-0.15, -0.1) is 0 Å². The Morgan fingerprint density at radius 1 is 0.150 bits per heavy atom. The number of rotatable bonds is 12. The largest absolute Gasteiger partial charge is 0.102 e. The summed E-state index contributed by atoms with van der Waals surface area (Å²) < 4.78 is 0. The van der Waals surface area contributed by atoms with Gasteiger partial charge in [-0.1, -0.05) is 218 Å². The van der Waals surface area contributed by atoms with E-state index in [1.165, 1.54) is 63.7 Å². The van der Waals surface area contributed by atoms with Gasteiger partial charge in [-0.3, -0.25) is 0 Å². The van der Waals surface area contributed by atoms with Gasteiger partial charge in [-0.05, 0) is 146 Å². The van der Waals surface area contributed by atoms with Gasteiger partial charge in [-0.25, -0.2) is 0 Å². The molecule has 0 aliphatic rings. The van der Waals surface area contributed by atoms with Crippen LogP contribution in [0.2, 0.25) is 0 Å². The molecule has 0 fully saturated rings. The molecule has 402 valence electrons. The molecular weight excluding hydrogens is 1270 g/mol. The molecule has 0 amide bonds. The molecule has 0 atom stereocenters. The van der Waals surface area contributed by atoms with Crippen molar-refractivity contribution in [2.24, 2.45) is 0 Å². The Labute approximate surface area is 510 Å². The molecule has 0 nitrogen and oxygen atoms in total. The van der Waals surface area contributed by atoms with Crippen LogP contribution in [0.25, 0.3) is 0 Å². The van der Waals surface area contributed by atoms with E-state index in [1.54, 1.807) is 0 Å². The molecule has 0 spiro atoms. The van der Waals surface area contributed by atoms with Crippen molar-refractivity contribution in [3.63, 3.8) is 0 Å². The van der Waals surface area contributed by atoms with Crippen molar-refractivity contribution in [1.29, 1.82) is 0 Å². The molecule has 0 bridgehead atoms. The van der Waals surface area contributed by atoms with Crippen LogP contribution in [0.1, 0.15) is 0 Å². The molecule has 0 saturated heterocycles. The Hall–Kier alpha value is -5.74. The standard InChI is InChI=1S/4C18H15P.2ClH.2Pd/c4*1-4-10-16(11-5-1)19(17-12-6-2-7-13-17)18-14-8-3-9-15-18;;;;/h4*1-15H;2*1H;;/q;;;;;;;+2/p+2. The Balaban J connectivity index is 0.000000151. The summed E-state index contributed by atoms with van der Waals surface area (Å²) in [4.78, 5) is 0. The van der Waals surface area contributed by atoms with Crippen LogP contribution in [0, 0.1) is 0 Å². The molecule has 0 N–H and O–H groups in total. The fourth-order valence-electron chi connectivity index (χ4n) is 9.26. The summed E-state index contributed by atoms with van der Waals surface area (Å²) in [7, 11) is 6.12. The molecular formula is C72H64Cl2P4Pd2+4. The van der Waals surface area contributed by atoms with Crippen LogP contribution in [-0.4, -0.2) is 0 Å². The number of hydrogen-bond donors (Lipinski definition) is 0. The molecule has 0 radical (unpaired) electrons. The molecule has 0 aromatic heterocycles. The molecule has 0 heterocycles. The second kappa shape index (κ2) is 35.9. The van der Waals surface area contributed by atoms with Crippen molar-refractivity contribution in [3.8, 4) is 0 Å². The van der Waals surface area contributed by atoms with E-state index in [0.717, 1.165) is 0 Å². The zero-order valence-corrected chi connectivity index (χ0v) is 52.7. The zero-order valence-electron chi connectivity index (χ0n) is 44.0. The van der Waals surface area contributed by atoms with Gasteiger partial charge in [0.2, 0.25) is 0 Å². The van der Waals surface area contributed by atoms with Crippen molar-refractivity contribution < 1.29 is 36.4 Å². The Bertz CT molecular complexity index is 2610. The third kappa shape index (κ3) is 19.2. The minimum atomic E-state index is -0.877. The van der Waals surface area contributed by atoms with E-state index in [2.05, 4.69) is 364 Å². The first-order chi connectivity index (χ1) is 39.2. The van der Waals surface area contributed by atoms with Crippen molar-refractivity contribution in [2.75, 3.05) is 0 Å². The summed E-state index contributed by atoms with van der Waals surface area (Å²) in [5.74, 6) is 0. The van der Waals surface area contributed by atoms with Crippen LogP contribution in [-0.2, 0) is 36.4 Å². The average molecular weight is 1340 g/mol. The molecule has 80 heavy (non-hydrogen) atoms. The topological polar surface area (TPSA) is 0 Å². The maximum absolute atomic E-state index is 4.81. The van der Waals surface area contributed by atoms with Gasteiger partial charge >= 0.3 is 35.0 Å². The average Bonchev–Trinajstić information content (AvgIpc) is 3.54. The molecule has 0 aliphatic carbocycles. The molecule has 0 unspecified atom stereocenters. The molecule has 8 heteroatoms. The first-order valence-electron chi connectivity index (χ1n) is 26.2. The van der Waals surface area contributed by atoms with Crippen LogP contribution in [0.5, 0.6) is 0 Å². The second-order valence-corrected chi connectivity index (χ2v) is 30.2. The normalized spacial score (nSPS) is 10.3. The first kappa shape index (κ1) is 61.9. The minimum Gasteiger partial charge on any atom is -0.0620 e. The third-order valence-electron chi connectivity index (χ3n) is 12.7. The maximum Gasteiger partial charge on any atom is 0.102 e. The third-order valence-corrected chi connectivity index (χ3v) is 23.7. The molecule has 0 saturated carbocycles. The Kier molecular flexibility index (Phi) is 27.8. The molecule has 0 aliphatic heterocycles. The minimum absolute atomic E-state index is 0. The van der Waals surface area contributed by atoms with Crippen LogP contribution in [0.4, 0.5) is 0 Å². The van der Waals surface area contributed by atoms with Crippen LogP contribution < -0.4 is 63.7 Å². The summed E-state index contributed by atoms with van der Waals surface area (Å²) >= 11 is -0.106. The van der Waals surface area contributed by atoms with Gasteiger partial charge in [0.15, 0.2) is 0 Å². The van der Waals surface area contributed by atoms with Gasteiger partial charge in [0.25, 0.3) is 0 Å². The summed E-state index contributed by atoms with van der Waals surface area (Å²) in [5, 5.41) is 17.2. The summed E-state index contributed by atoms with van der Waals surface area (Å²) in [6.07, 6.45) is 0. The summed E-state index contributed by atoms with van der Waals surface area (Å²) in [5.41, 5.74) is 0. The number of halogens is 2. The van der Waals surface area contributed by atoms with Crippen LogP contribution >= 0.6 is 50.7 Å². The fourth-order valence-corrected chi connectivity index (χ4v) is 19.6. The van der Waals surface area contributed by atoms with E-state index in [9.17, 15) is 0 Å². The predicted molar refractivity (Wildman–Crippen MR) is 358 cm³/mol. The van der Waals surface area contributed by atoms with Crippen LogP contribution in [0.3, 0.4) is 0 Å². The summed E-state index contributed by atoms with van der Waals surface area (Å²) in [6, 6.07) is 130. The SMILES string of the molecule is [Cl][Pd][Cl].[Pd].c1ccc([PH+](c2ccccc2)c2ccccc2)cc1.c1ccc([PH+](c2ccccc2)c2ccccc2)cc1.c1ccc([PH+](c2ccccc2)c2ccccc2)cc1.c1ccc([PH+](c2ccccc2)c2ccccc2)cc1. The Morgan fingerprint density at radius 2 is 0.212 bits per heavy atom. The van der Waals surface area contributed by atoms with E-state index in [1.807, 2.05) is 0 Å².